The maximum Gasteiger partial charge on any atom is 0.224 e. The van der Waals surface area contributed by atoms with Crippen LogP contribution in [0.4, 0.5) is 0 Å². The van der Waals surface area contributed by atoms with Crippen molar-refractivity contribution in [2.24, 2.45) is 0 Å². The molecule has 21 heavy (non-hydrogen) atoms. The average molecular weight is 309 g/mol. The Kier molecular flexibility index (Phi) is 6.52. The van der Waals surface area contributed by atoms with Gasteiger partial charge in [0, 0.05) is 24.2 Å². The van der Waals surface area contributed by atoms with Crippen LogP contribution in [0.25, 0.3) is 0 Å². The molecule has 1 saturated heterocycles. The number of rotatable bonds is 6. The minimum absolute atomic E-state index is 0.0871. The first kappa shape index (κ1) is 16.3. The van der Waals surface area contributed by atoms with Gasteiger partial charge in [0.25, 0.3) is 0 Å². The zero-order valence-electron chi connectivity index (χ0n) is 12.8. The smallest absolute Gasteiger partial charge is 0.224 e. The normalized spacial score (nSPS) is 19.4. The van der Waals surface area contributed by atoms with Crippen LogP contribution < -0.4 is 5.32 Å². The highest BCUT2D eigenvalue weighted by atomic mass is 35.5. The van der Waals surface area contributed by atoms with Gasteiger partial charge in [-0.25, -0.2) is 0 Å². The number of benzene rings is 1. The van der Waals surface area contributed by atoms with Gasteiger partial charge in [-0.2, -0.15) is 0 Å². The number of likely N-dealkylation sites (tertiary alicyclic amines) is 1. The molecule has 1 amide bonds. The van der Waals surface area contributed by atoms with Crippen LogP contribution in [0.5, 0.6) is 0 Å². The zero-order chi connectivity index (χ0) is 15.1. The number of amides is 1. The molecule has 1 aromatic carbocycles. The summed E-state index contributed by atoms with van der Waals surface area (Å²) in [4.78, 5) is 14.4. The molecule has 1 atom stereocenters. The maximum absolute atomic E-state index is 11.9. The van der Waals surface area contributed by atoms with Crippen LogP contribution in [0, 0.1) is 0 Å². The first-order chi connectivity index (χ1) is 10.1. The van der Waals surface area contributed by atoms with Crippen LogP contribution in [0.1, 0.15) is 38.2 Å². The second kappa shape index (κ2) is 8.40. The van der Waals surface area contributed by atoms with Gasteiger partial charge >= 0.3 is 0 Å². The number of piperidine rings is 1. The summed E-state index contributed by atoms with van der Waals surface area (Å²) in [7, 11) is 0. The minimum atomic E-state index is 0.0871. The zero-order valence-corrected chi connectivity index (χ0v) is 13.5. The van der Waals surface area contributed by atoms with Crippen molar-refractivity contribution < 1.29 is 4.79 Å². The monoisotopic (exact) mass is 308 g/mol. The van der Waals surface area contributed by atoms with Crippen LogP contribution in [0.15, 0.2) is 24.3 Å². The molecular formula is C17H25ClN2O. The van der Waals surface area contributed by atoms with Gasteiger partial charge in [0.2, 0.25) is 5.91 Å². The molecule has 0 saturated carbocycles. The molecule has 0 spiro atoms. The van der Waals surface area contributed by atoms with Crippen molar-refractivity contribution in [1.82, 2.24) is 10.2 Å². The molecule has 0 aliphatic carbocycles. The SMILES string of the molecule is CC1CCCCN1CCCNC(=O)Cc1ccc(Cl)cc1. The third kappa shape index (κ3) is 5.68. The number of hydrogen-bond donors (Lipinski definition) is 1. The summed E-state index contributed by atoms with van der Waals surface area (Å²) in [5.74, 6) is 0.0871. The molecule has 116 valence electrons. The number of carbonyl (C=O) groups is 1. The first-order valence-electron chi connectivity index (χ1n) is 7.90. The highest BCUT2D eigenvalue weighted by molar-refractivity contribution is 6.30. The van der Waals surface area contributed by atoms with E-state index in [2.05, 4.69) is 17.1 Å². The molecule has 0 bridgehead atoms. The summed E-state index contributed by atoms with van der Waals surface area (Å²) in [5, 5.41) is 3.71. The quantitative estimate of drug-likeness (QED) is 0.818. The first-order valence-corrected chi connectivity index (χ1v) is 8.28. The molecule has 3 nitrogen and oxygen atoms in total. The van der Waals surface area contributed by atoms with Crippen molar-refractivity contribution in [2.45, 2.75) is 45.1 Å². The Morgan fingerprint density at radius 2 is 2.10 bits per heavy atom. The predicted octanol–water partition coefficient (Wildman–Crippen LogP) is 3.26. The van der Waals surface area contributed by atoms with E-state index in [9.17, 15) is 4.79 Å². The van der Waals surface area contributed by atoms with Crippen molar-refractivity contribution in [3.05, 3.63) is 34.9 Å². The fourth-order valence-electron chi connectivity index (χ4n) is 2.85. The van der Waals surface area contributed by atoms with E-state index in [0.29, 0.717) is 17.5 Å². The van der Waals surface area contributed by atoms with Crippen molar-refractivity contribution in [3.8, 4) is 0 Å². The molecular weight excluding hydrogens is 284 g/mol. The van der Waals surface area contributed by atoms with Gasteiger partial charge in [0.15, 0.2) is 0 Å². The summed E-state index contributed by atoms with van der Waals surface area (Å²) in [6, 6.07) is 8.14. The lowest BCUT2D eigenvalue weighted by Gasteiger charge is -2.33. The van der Waals surface area contributed by atoms with E-state index in [0.717, 1.165) is 25.1 Å². The largest absolute Gasteiger partial charge is 0.356 e. The Morgan fingerprint density at radius 1 is 1.33 bits per heavy atom. The summed E-state index contributed by atoms with van der Waals surface area (Å²) >= 11 is 5.83. The Labute approximate surface area is 132 Å². The average Bonchev–Trinajstić information content (AvgIpc) is 2.48. The van der Waals surface area contributed by atoms with Crippen molar-refractivity contribution in [2.75, 3.05) is 19.6 Å². The van der Waals surface area contributed by atoms with Crippen LogP contribution in [-0.2, 0) is 11.2 Å². The number of hydrogen-bond acceptors (Lipinski definition) is 2. The van der Waals surface area contributed by atoms with Gasteiger partial charge in [-0.15, -0.1) is 0 Å². The van der Waals surface area contributed by atoms with Gasteiger partial charge in [-0.05, 0) is 50.4 Å². The lowest BCUT2D eigenvalue weighted by atomic mass is 10.0. The second-order valence-corrected chi connectivity index (χ2v) is 6.32. The van der Waals surface area contributed by atoms with Crippen molar-refractivity contribution in [1.29, 1.82) is 0 Å². The van der Waals surface area contributed by atoms with Crippen LogP contribution in [0.3, 0.4) is 0 Å². The Hall–Kier alpha value is -1.06. The van der Waals surface area contributed by atoms with Crippen LogP contribution in [-0.4, -0.2) is 36.5 Å². The molecule has 1 N–H and O–H groups in total. The fraction of sp³-hybridized carbons (Fsp3) is 0.588. The summed E-state index contributed by atoms with van der Waals surface area (Å²) < 4.78 is 0. The minimum Gasteiger partial charge on any atom is -0.356 e. The molecule has 1 heterocycles. The maximum atomic E-state index is 11.9. The lowest BCUT2D eigenvalue weighted by molar-refractivity contribution is -0.120. The number of carbonyl (C=O) groups excluding carboxylic acids is 1. The molecule has 1 fully saturated rings. The van der Waals surface area contributed by atoms with Crippen molar-refractivity contribution in [3.63, 3.8) is 0 Å². The predicted molar refractivity (Wildman–Crippen MR) is 87.7 cm³/mol. The van der Waals surface area contributed by atoms with E-state index < -0.39 is 0 Å². The Morgan fingerprint density at radius 3 is 2.81 bits per heavy atom. The van der Waals surface area contributed by atoms with Crippen LogP contribution >= 0.6 is 11.6 Å². The summed E-state index contributed by atoms with van der Waals surface area (Å²) in [6.07, 6.45) is 5.43. The van der Waals surface area contributed by atoms with E-state index in [4.69, 9.17) is 11.6 Å². The van der Waals surface area contributed by atoms with E-state index >= 15 is 0 Å². The third-order valence-corrected chi connectivity index (χ3v) is 4.41. The van der Waals surface area contributed by atoms with E-state index in [1.165, 1.54) is 25.8 Å². The van der Waals surface area contributed by atoms with E-state index in [1.807, 2.05) is 24.3 Å². The van der Waals surface area contributed by atoms with Gasteiger partial charge in [0.05, 0.1) is 6.42 Å². The molecule has 1 aliphatic rings. The van der Waals surface area contributed by atoms with Gasteiger partial charge in [-0.3, -0.25) is 4.79 Å². The molecule has 1 aromatic rings. The lowest BCUT2D eigenvalue weighted by Crippen LogP contribution is -2.39. The summed E-state index contributed by atoms with van der Waals surface area (Å²) in [5.41, 5.74) is 1.00. The Bertz CT molecular complexity index is 447. The number of nitrogens with zero attached hydrogens (tertiary/aromatic N) is 1. The van der Waals surface area contributed by atoms with Gasteiger partial charge in [-0.1, -0.05) is 30.2 Å². The molecule has 1 unspecified atom stereocenters. The third-order valence-electron chi connectivity index (χ3n) is 4.16. The van der Waals surface area contributed by atoms with E-state index in [1.54, 1.807) is 0 Å². The number of halogens is 1. The Balaban J connectivity index is 1.61. The van der Waals surface area contributed by atoms with Crippen molar-refractivity contribution >= 4 is 17.5 Å². The van der Waals surface area contributed by atoms with E-state index in [-0.39, 0.29) is 5.91 Å². The van der Waals surface area contributed by atoms with Crippen LogP contribution in [0.2, 0.25) is 5.02 Å². The molecule has 1 aliphatic heterocycles. The molecule has 0 radical (unpaired) electrons. The number of nitrogens with one attached hydrogen (secondary N) is 1. The van der Waals surface area contributed by atoms with Gasteiger partial charge in [0.1, 0.15) is 0 Å². The summed E-state index contributed by atoms with van der Waals surface area (Å²) in [6.45, 7) is 5.36. The molecule has 2 rings (SSSR count). The second-order valence-electron chi connectivity index (χ2n) is 5.89. The standard InChI is InChI=1S/C17H25ClN2O/c1-14-5-2-3-11-20(14)12-4-10-19-17(21)13-15-6-8-16(18)9-7-15/h6-9,14H,2-5,10-13H2,1H3,(H,19,21). The highest BCUT2D eigenvalue weighted by Gasteiger charge is 2.17. The van der Waals surface area contributed by atoms with Gasteiger partial charge < -0.3 is 10.2 Å². The molecule has 0 aromatic heterocycles. The molecule has 4 heteroatoms. The fourth-order valence-corrected chi connectivity index (χ4v) is 2.98. The highest BCUT2D eigenvalue weighted by Crippen LogP contribution is 2.16. The topological polar surface area (TPSA) is 32.3 Å².